The van der Waals surface area contributed by atoms with Crippen molar-refractivity contribution in [3.63, 3.8) is 0 Å². The van der Waals surface area contributed by atoms with Crippen molar-refractivity contribution in [3.05, 3.63) is 12.2 Å². The van der Waals surface area contributed by atoms with Gasteiger partial charge in [-0.3, -0.25) is 4.79 Å². The summed E-state index contributed by atoms with van der Waals surface area (Å²) in [5.41, 5.74) is 0. The molecule has 3 nitrogen and oxygen atoms in total. The highest BCUT2D eigenvalue weighted by Crippen LogP contribution is 2.33. The Kier molecular flexibility index (Phi) is 32.5. The van der Waals surface area contributed by atoms with Gasteiger partial charge in [0, 0.05) is 19.4 Å². The van der Waals surface area contributed by atoms with E-state index >= 15 is 0 Å². The zero-order valence-electron chi connectivity index (χ0n) is 32.1. The summed E-state index contributed by atoms with van der Waals surface area (Å²) >= 11 is 0. The molecule has 1 amide bonds. The van der Waals surface area contributed by atoms with E-state index in [1.807, 2.05) is 0 Å². The predicted molar refractivity (Wildman–Crippen MR) is 203 cm³/mol. The third-order valence-corrected chi connectivity index (χ3v) is 9.93. The Labute approximate surface area is 285 Å². The number of carbonyl (C=O) groups is 1. The van der Waals surface area contributed by atoms with Crippen LogP contribution >= 0.6 is 0 Å². The van der Waals surface area contributed by atoms with Crippen molar-refractivity contribution in [2.75, 3.05) is 34.2 Å². The SMILES string of the molecule is CCCCC/C=C\CCC(CCCCCCCC(=O)NCCC[N+](C)(C)C)C(CCCCCCCC)CCCCCCCCC. The highest BCUT2D eigenvalue weighted by molar-refractivity contribution is 5.75. The quantitative estimate of drug-likeness (QED) is 0.0420. The lowest BCUT2D eigenvalue weighted by Gasteiger charge is -2.28. The molecule has 0 rings (SSSR count). The summed E-state index contributed by atoms with van der Waals surface area (Å²) in [5, 5.41) is 3.13. The maximum Gasteiger partial charge on any atom is 0.219 e. The van der Waals surface area contributed by atoms with E-state index in [4.69, 9.17) is 0 Å². The maximum atomic E-state index is 12.2. The minimum absolute atomic E-state index is 0.252. The second kappa shape index (κ2) is 33.1. The van der Waals surface area contributed by atoms with Crippen LogP contribution in [0, 0.1) is 11.8 Å². The van der Waals surface area contributed by atoms with Crippen molar-refractivity contribution >= 4 is 5.91 Å². The van der Waals surface area contributed by atoms with E-state index in [2.05, 4.69) is 59.4 Å². The Bertz CT molecular complexity index is 637. The van der Waals surface area contributed by atoms with Gasteiger partial charge in [-0.2, -0.15) is 0 Å². The van der Waals surface area contributed by atoms with Gasteiger partial charge in [0.25, 0.3) is 0 Å². The van der Waals surface area contributed by atoms with Crippen LogP contribution in [0.5, 0.6) is 0 Å². The number of unbranched alkanes of at least 4 members (excludes halogenated alkanes) is 18. The highest BCUT2D eigenvalue weighted by Gasteiger charge is 2.20. The number of amides is 1. The summed E-state index contributed by atoms with van der Waals surface area (Å²) in [7, 11) is 6.63. The van der Waals surface area contributed by atoms with Crippen LogP contribution in [0.4, 0.5) is 0 Å². The zero-order valence-corrected chi connectivity index (χ0v) is 32.1. The lowest BCUT2D eigenvalue weighted by atomic mass is 9.78. The first-order valence-electron chi connectivity index (χ1n) is 20.6. The van der Waals surface area contributed by atoms with Gasteiger partial charge in [0.05, 0.1) is 27.7 Å². The number of rotatable bonds is 35. The largest absolute Gasteiger partial charge is 0.356 e. The number of hydrogen-bond donors (Lipinski definition) is 1. The van der Waals surface area contributed by atoms with E-state index in [1.165, 1.54) is 167 Å². The fourth-order valence-corrected chi connectivity index (χ4v) is 6.93. The molecule has 0 heterocycles. The molecule has 0 bridgehead atoms. The Morgan fingerprint density at radius 2 is 0.933 bits per heavy atom. The first-order chi connectivity index (χ1) is 21.8. The number of nitrogens with one attached hydrogen (secondary N) is 1. The molecule has 45 heavy (non-hydrogen) atoms. The zero-order chi connectivity index (χ0) is 33.3. The Morgan fingerprint density at radius 3 is 1.44 bits per heavy atom. The molecule has 0 aromatic rings. The third-order valence-electron chi connectivity index (χ3n) is 9.93. The van der Waals surface area contributed by atoms with E-state index in [0.717, 1.165) is 42.2 Å². The van der Waals surface area contributed by atoms with Crippen molar-refractivity contribution in [2.24, 2.45) is 11.8 Å². The van der Waals surface area contributed by atoms with Crippen LogP contribution in [-0.2, 0) is 4.79 Å². The Morgan fingerprint density at radius 1 is 0.511 bits per heavy atom. The van der Waals surface area contributed by atoms with Crippen molar-refractivity contribution in [1.29, 1.82) is 0 Å². The molecule has 0 aliphatic carbocycles. The predicted octanol–water partition coefficient (Wildman–Crippen LogP) is 13.0. The lowest BCUT2D eigenvalue weighted by Crippen LogP contribution is -2.37. The second-order valence-electron chi connectivity index (χ2n) is 15.6. The van der Waals surface area contributed by atoms with E-state index in [-0.39, 0.29) is 5.91 Å². The molecule has 0 radical (unpaired) electrons. The van der Waals surface area contributed by atoms with E-state index in [9.17, 15) is 4.79 Å². The summed E-state index contributed by atoms with van der Waals surface area (Å²) in [6, 6.07) is 0. The molecule has 0 spiro atoms. The van der Waals surface area contributed by atoms with Crippen molar-refractivity contribution < 1.29 is 9.28 Å². The van der Waals surface area contributed by atoms with Gasteiger partial charge in [-0.15, -0.1) is 0 Å². The average Bonchev–Trinajstić information content (AvgIpc) is 3.01. The van der Waals surface area contributed by atoms with E-state index < -0.39 is 0 Å². The van der Waals surface area contributed by atoms with Crippen LogP contribution in [0.1, 0.15) is 207 Å². The molecule has 268 valence electrons. The van der Waals surface area contributed by atoms with Crippen molar-refractivity contribution in [3.8, 4) is 0 Å². The van der Waals surface area contributed by atoms with Gasteiger partial charge in [0.1, 0.15) is 0 Å². The summed E-state index contributed by atoms with van der Waals surface area (Å²) in [6.07, 6.45) is 43.9. The minimum Gasteiger partial charge on any atom is -0.356 e. The normalized spacial score (nSPS) is 13.5. The van der Waals surface area contributed by atoms with Gasteiger partial charge in [0.2, 0.25) is 5.91 Å². The molecule has 0 saturated carbocycles. The van der Waals surface area contributed by atoms with Crippen LogP contribution in [0.25, 0.3) is 0 Å². The van der Waals surface area contributed by atoms with E-state index in [1.54, 1.807) is 0 Å². The van der Waals surface area contributed by atoms with Gasteiger partial charge in [-0.05, 0) is 43.9 Å². The smallest absolute Gasteiger partial charge is 0.219 e. The molecular formula is C42H85N2O+. The minimum atomic E-state index is 0.252. The van der Waals surface area contributed by atoms with Crippen molar-refractivity contribution in [1.82, 2.24) is 5.32 Å². The number of carbonyl (C=O) groups excluding carboxylic acids is 1. The number of nitrogens with zero attached hydrogens (tertiary/aromatic N) is 1. The Hall–Kier alpha value is -0.830. The fourth-order valence-electron chi connectivity index (χ4n) is 6.93. The highest BCUT2D eigenvalue weighted by atomic mass is 16.1. The molecule has 3 heteroatoms. The first kappa shape index (κ1) is 44.2. The second-order valence-corrected chi connectivity index (χ2v) is 15.6. The fraction of sp³-hybridized carbons (Fsp3) is 0.929. The van der Waals surface area contributed by atoms with Gasteiger partial charge < -0.3 is 9.80 Å². The number of quaternary nitrogens is 1. The van der Waals surface area contributed by atoms with Crippen LogP contribution in [0.3, 0.4) is 0 Å². The average molecular weight is 634 g/mol. The molecule has 0 aliphatic heterocycles. The van der Waals surface area contributed by atoms with Gasteiger partial charge >= 0.3 is 0 Å². The Balaban J connectivity index is 4.75. The molecule has 2 atom stereocenters. The van der Waals surface area contributed by atoms with E-state index in [0.29, 0.717) is 6.42 Å². The summed E-state index contributed by atoms with van der Waals surface area (Å²) < 4.78 is 0.964. The monoisotopic (exact) mass is 634 g/mol. The summed E-state index contributed by atoms with van der Waals surface area (Å²) in [6.45, 7) is 8.88. The molecule has 0 aromatic carbocycles. The number of allylic oxidation sites excluding steroid dienone is 2. The maximum absolute atomic E-state index is 12.2. The standard InChI is InChI=1S/C42H84N2O/c1-7-10-13-16-19-23-28-34-40(33-27-22-18-15-12-9-3)41(35-29-24-20-17-14-11-8-2)36-30-25-21-26-31-37-42(45)43-38-32-39-44(4,5)6/h20,24,40-41H,7-19,21-23,25-39H2,1-6H3/p+1/b24-20-. The number of hydrogen-bond acceptors (Lipinski definition) is 1. The van der Waals surface area contributed by atoms with Gasteiger partial charge in [-0.25, -0.2) is 0 Å². The molecule has 2 unspecified atom stereocenters. The molecule has 0 aliphatic rings. The molecule has 0 saturated heterocycles. The van der Waals surface area contributed by atoms with Gasteiger partial charge in [-0.1, -0.05) is 174 Å². The lowest BCUT2D eigenvalue weighted by molar-refractivity contribution is -0.870. The topological polar surface area (TPSA) is 29.1 Å². The van der Waals surface area contributed by atoms with Crippen LogP contribution in [-0.4, -0.2) is 44.6 Å². The first-order valence-corrected chi connectivity index (χ1v) is 20.6. The summed E-state index contributed by atoms with van der Waals surface area (Å²) in [4.78, 5) is 12.2. The molecule has 0 aromatic heterocycles. The summed E-state index contributed by atoms with van der Waals surface area (Å²) in [5.74, 6) is 2.08. The van der Waals surface area contributed by atoms with Crippen LogP contribution < -0.4 is 5.32 Å². The van der Waals surface area contributed by atoms with Gasteiger partial charge in [0.15, 0.2) is 0 Å². The van der Waals surface area contributed by atoms with Crippen LogP contribution in [0.2, 0.25) is 0 Å². The molecular weight excluding hydrogens is 548 g/mol. The van der Waals surface area contributed by atoms with Crippen LogP contribution in [0.15, 0.2) is 12.2 Å². The molecule has 1 N–H and O–H groups in total. The van der Waals surface area contributed by atoms with Crippen molar-refractivity contribution in [2.45, 2.75) is 207 Å². The molecule has 0 fully saturated rings. The third kappa shape index (κ3) is 32.9.